The van der Waals surface area contributed by atoms with Gasteiger partial charge in [-0.1, -0.05) is 36.4 Å². The molecule has 4 nitrogen and oxygen atoms in total. The van der Waals surface area contributed by atoms with Crippen molar-refractivity contribution in [3.63, 3.8) is 0 Å². The van der Waals surface area contributed by atoms with Crippen LogP contribution in [0.15, 0.2) is 54.7 Å². The van der Waals surface area contributed by atoms with Gasteiger partial charge in [0.25, 0.3) is 0 Å². The van der Waals surface area contributed by atoms with Gasteiger partial charge in [-0.25, -0.2) is 0 Å². The smallest absolute Gasteiger partial charge is 0.396 e. The zero-order chi connectivity index (χ0) is 22.8. The summed E-state index contributed by atoms with van der Waals surface area (Å²) >= 11 is 0. The molecular formula is C25H27F3N2O2. The molecule has 0 atom stereocenters. The van der Waals surface area contributed by atoms with E-state index in [1.165, 1.54) is 6.07 Å². The highest BCUT2D eigenvalue weighted by molar-refractivity contribution is 5.84. The predicted molar refractivity (Wildman–Crippen MR) is 117 cm³/mol. The highest BCUT2D eigenvalue weighted by Crippen LogP contribution is 2.37. The van der Waals surface area contributed by atoms with Crippen molar-refractivity contribution in [1.29, 1.82) is 0 Å². The molecule has 2 aromatic carbocycles. The Morgan fingerprint density at radius 3 is 2.56 bits per heavy atom. The number of nitrogens with zero attached hydrogens (tertiary/aromatic N) is 1. The number of nitrogens with one attached hydrogen (secondary N) is 1. The third-order valence-electron chi connectivity index (χ3n) is 6.63. The Balaban J connectivity index is 1.35. The molecule has 170 valence electrons. The summed E-state index contributed by atoms with van der Waals surface area (Å²) in [4.78, 5) is 17.8. The average molecular weight is 444 g/mol. The summed E-state index contributed by atoms with van der Waals surface area (Å²) in [6, 6.07) is 13.3. The van der Waals surface area contributed by atoms with Crippen molar-refractivity contribution >= 4 is 16.8 Å². The van der Waals surface area contributed by atoms with E-state index in [0.29, 0.717) is 50.8 Å². The molecule has 1 aliphatic rings. The molecule has 0 unspecified atom stereocenters. The van der Waals surface area contributed by atoms with Crippen LogP contribution in [0.4, 0.5) is 13.2 Å². The number of carbonyl (C=O) groups excluding carboxylic acids is 1. The summed E-state index contributed by atoms with van der Waals surface area (Å²) in [5.41, 5.74) is 1.55. The fourth-order valence-corrected chi connectivity index (χ4v) is 4.65. The second-order valence-electron chi connectivity index (χ2n) is 8.77. The number of aromatic nitrogens is 1. The second-order valence-corrected chi connectivity index (χ2v) is 8.77. The number of para-hydroxylation sites is 1. The summed E-state index contributed by atoms with van der Waals surface area (Å²) < 4.78 is 39.1. The highest BCUT2D eigenvalue weighted by Gasteiger charge is 2.36. The van der Waals surface area contributed by atoms with E-state index in [0.717, 1.165) is 28.6 Å². The summed E-state index contributed by atoms with van der Waals surface area (Å²) in [5.74, 6) is 0.0703. The molecule has 0 saturated carbocycles. The number of benzene rings is 2. The van der Waals surface area contributed by atoms with E-state index in [2.05, 4.69) is 4.98 Å². The topological polar surface area (TPSA) is 56.3 Å². The van der Waals surface area contributed by atoms with Gasteiger partial charge in [-0.05, 0) is 48.9 Å². The van der Waals surface area contributed by atoms with Gasteiger partial charge in [-0.2, -0.15) is 13.2 Å². The van der Waals surface area contributed by atoms with E-state index >= 15 is 0 Å². The van der Waals surface area contributed by atoms with Gasteiger partial charge in [0.2, 0.25) is 5.91 Å². The molecule has 2 heterocycles. The number of amides is 1. The summed E-state index contributed by atoms with van der Waals surface area (Å²) in [7, 11) is 0. The molecule has 1 saturated heterocycles. The van der Waals surface area contributed by atoms with Crippen molar-refractivity contribution in [2.24, 2.45) is 5.41 Å². The molecule has 32 heavy (non-hydrogen) atoms. The van der Waals surface area contributed by atoms with Crippen molar-refractivity contribution in [3.05, 3.63) is 71.4 Å². The Bertz CT molecular complexity index is 1080. The molecule has 1 fully saturated rings. The normalized spacial score (nSPS) is 16.4. The van der Waals surface area contributed by atoms with Gasteiger partial charge in [0, 0.05) is 48.6 Å². The number of aliphatic hydroxyl groups is 1. The largest absolute Gasteiger partial charge is 0.416 e. The molecule has 0 aliphatic carbocycles. The number of hydrogen-bond acceptors (Lipinski definition) is 2. The summed E-state index contributed by atoms with van der Waals surface area (Å²) in [5, 5.41) is 11.2. The van der Waals surface area contributed by atoms with Gasteiger partial charge in [0.15, 0.2) is 0 Å². The summed E-state index contributed by atoms with van der Waals surface area (Å²) in [6.45, 7) is 0.902. The van der Waals surface area contributed by atoms with Crippen LogP contribution in [0.1, 0.15) is 36.0 Å². The Labute approximate surface area is 185 Å². The standard InChI is InChI=1S/C25H27F3N2O2/c26-25(27,28)20-5-3-4-18(14-20)15-24(17-31)10-12-30(13-11-24)23(32)9-8-19-16-29-22-7-2-1-6-21(19)22/h1-7,14,16,29,31H,8-13,15,17H2. The molecule has 3 aromatic rings. The fraction of sp³-hybridized carbons (Fsp3) is 0.400. The van der Waals surface area contributed by atoms with Crippen molar-refractivity contribution in [2.45, 2.75) is 38.3 Å². The minimum Gasteiger partial charge on any atom is -0.396 e. The molecule has 1 aliphatic heterocycles. The lowest BCUT2D eigenvalue weighted by Gasteiger charge is -2.41. The number of carbonyl (C=O) groups is 1. The van der Waals surface area contributed by atoms with Gasteiger partial charge in [-0.15, -0.1) is 0 Å². The molecule has 4 rings (SSSR count). The monoisotopic (exact) mass is 444 g/mol. The number of aryl methyl sites for hydroxylation is 1. The molecule has 7 heteroatoms. The first kappa shape index (κ1) is 22.4. The van der Waals surface area contributed by atoms with E-state index in [-0.39, 0.29) is 12.5 Å². The Hall–Kier alpha value is -2.80. The van der Waals surface area contributed by atoms with Crippen LogP contribution in [-0.2, 0) is 23.8 Å². The maximum atomic E-state index is 13.0. The average Bonchev–Trinajstić information content (AvgIpc) is 3.21. The van der Waals surface area contributed by atoms with Crippen molar-refractivity contribution in [2.75, 3.05) is 19.7 Å². The molecular weight excluding hydrogens is 417 g/mol. The van der Waals surface area contributed by atoms with Crippen molar-refractivity contribution in [1.82, 2.24) is 9.88 Å². The number of aromatic amines is 1. The maximum Gasteiger partial charge on any atom is 0.416 e. The zero-order valence-electron chi connectivity index (χ0n) is 17.8. The number of aliphatic hydroxyl groups excluding tert-OH is 1. The second kappa shape index (κ2) is 8.98. The third-order valence-corrected chi connectivity index (χ3v) is 6.63. The van der Waals surface area contributed by atoms with Gasteiger partial charge in [0.05, 0.1) is 5.56 Å². The quantitative estimate of drug-likeness (QED) is 0.565. The first-order chi connectivity index (χ1) is 15.3. The van der Waals surface area contributed by atoms with E-state index < -0.39 is 17.2 Å². The van der Waals surface area contributed by atoms with Gasteiger partial charge in [-0.3, -0.25) is 4.79 Å². The number of rotatable bonds is 6. The van der Waals surface area contributed by atoms with Gasteiger partial charge < -0.3 is 15.0 Å². The van der Waals surface area contributed by atoms with E-state index in [9.17, 15) is 23.1 Å². The lowest BCUT2D eigenvalue weighted by Crippen LogP contribution is -2.45. The molecule has 1 amide bonds. The van der Waals surface area contributed by atoms with E-state index in [4.69, 9.17) is 0 Å². The van der Waals surface area contributed by atoms with Crippen molar-refractivity contribution < 1.29 is 23.1 Å². The molecule has 0 bridgehead atoms. The van der Waals surface area contributed by atoms with Crippen LogP contribution >= 0.6 is 0 Å². The number of halogens is 3. The number of likely N-dealkylation sites (tertiary alicyclic amines) is 1. The molecule has 0 radical (unpaired) electrons. The van der Waals surface area contributed by atoms with Crippen LogP contribution in [-0.4, -0.2) is 40.6 Å². The van der Waals surface area contributed by atoms with Crippen LogP contribution in [0.2, 0.25) is 0 Å². The first-order valence-electron chi connectivity index (χ1n) is 10.9. The Kier molecular flexibility index (Phi) is 6.29. The van der Waals surface area contributed by atoms with E-state index in [1.54, 1.807) is 6.07 Å². The van der Waals surface area contributed by atoms with Gasteiger partial charge >= 0.3 is 6.18 Å². The molecule has 1 aromatic heterocycles. The van der Waals surface area contributed by atoms with Crippen LogP contribution in [0.3, 0.4) is 0 Å². The Morgan fingerprint density at radius 2 is 1.84 bits per heavy atom. The molecule has 0 spiro atoms. The van der Waals surface area contributed by atoms with Crippen LogP contribution in [0, 0.1) is 5.41 Å². The maximum absolute atomic E-state index is 13.0. The number of H-pyrrole nitrogens is 1. The zero-order valence-corrected chi connectivity index (χ0v) is 17.8. The lowest BCUT2D eigenvalue weighted by molar-refractivity contribution is -0.138. The number of alkyl halides is 3. The van der Waals surface area contributed by atoms with E-state index in [1.807, 2.05) is 35.4 Å². The third kappa shape index (κ3) is 4.83. The first-order valence-corrected chi connectivity index (χ1v) is 10.9. The van der Waals surface area contributed by atoms with Crippen LogP contribution in [0.25, 0.3) is 10.9 Å². The highest BCUT2D eigenvalue weighted by atomic mass is 19.4. The minimum atomic E-state index is -4.39. The van der Waals surface area contributed by atoms with Gasteiger partial charge in [0.1, 0.15) is 0 Å². The summed E-state index contributed by atoms with van der Waals surface area (Å²) in [6.07, 6.45) is 0.112. The minimum absolute atomic E-state index is 0.0703. The number of piperidine rings is 1. The predicted octanol–water partition coefficient (Wildman–Crippen LogP) is 4.96. The lowest BCUT2D eigenvalue weighted by atomic mass is 9.74. The molecule has 2 N–H and O–H groups in total. The van der Waals surface area contributed by atoms with Crippen LogP contribution in [0.5, 0.6) is 0 Å². The number of hydrogen-bond donors (Lipinski definition) is 2. The fourth-order valence-electron chi connectivity index (χ4n) is 4.65. The number of fused-ring (bicyclic) bond motifs is 1. The SMILES string of the molecule is O=C(CCc1c[nH]c2ccccc12)N1CCC(CO)(Cc2cccc(C(F)(F)F)c2)CC1. The van der Waals surface area contributed by atoms with Crippen LogP contribution < -0.4 is 0 Å². The Morgan fingerprint density at radius 1 is 1.09 bits per heavy atom. The van der Waals surface area contributed by atoms with Crippen molar-refractivity contribution in [3.8, 4) is 0 Å².